The van der Waals surface area contributed by atoms with Gasteiger partial charge in [-0.2, -0.15) is 0 Å². The molecular formula is C19H21ClN2O2. The number of carbonyl (C=O) groups excluding carboxylic acids is 1. The van der Waals surface area contributed by atoms with Gasteiger partial charge in [-0.1, -0.05) is 23.7 Å². The van der Waals surface area contributed by atoms with E-state index in [1.807, 2.05) is 36.1 Å². The first-order valence-corrected chi connectivity index (χ1v) is 8.60. The van der Waals surface area contributed by atoms with Crippen LogP contribution in [0.2, 0.25) is 5.02 Å². The Morgan fingerprint density at radius 3 is 2.75 bits per heavy atom. The second-order valence-corrected chi connectivity index (χ2v) is 6.57. The van der Waals surface area contributed by atoms with Crippen LogP contribution in [-0.2, 0) is 0 Å². The Bertz CT molecular complexity index is 712. The quantitative estimate of drug-likeness (QED) is 0.842. The number of benzene rings is 1. The summed E-state index contributed by atoms with van der Waals surface area (Å²) in [6.45, 7) is 4.12. The molecule has 24 heavy (non-hydrogen) atoms. The van der Waals surface area contributed by atoms with Gasteiger partial charge in [0.05, 0.1) is 17.2 Å². The summed E-state index contributed by atoms with van der Waals surface area (Å²) in [5.74, 6) is 1.34. The highest BCUT2D eigenvalue weighted by molar-refractivity contribution is 6.33. The molecule has 0 radical (unpaired) electrons. The molecule has 0 unspecified atom stereocenters. The Kier molecular flexibility index (Phi) is 5.36. The van der Waals surface area contributed by atoms with Gasteiger partial charge in [0.15, 0.2) is 0 Å². The van der Waals surface area contributed by atoms with Crippen molar-refractivity contribution in [3.05, 3.63) is 58.9 Å². The summed E-state index contributed by atoms with van der Waals surface area (Å²) in [5, 5.41) is 0.515. The van der Waals surface area contributed by atoms with Gasteiger partial charge in [0.25, 0.3) is 5.91 Å². The molecule has 0 N–H and O–H groups in total. The average molecular weight is 345 g/mol. The first kappa shape index (κ1) is 16.8. The lowest BCUT2D eigenvalue weighted by molar-refractivity contribution is 0.0661. The molecule has 4 nitrogen and oxygen atoms in total. The molecule has 0 atom stereocenters. The minimum Gasteiger partial charge on any atom is -0.493 e. The predicted octanol–water partition coefficient (Wildman–Crippen LogP) is 3.97. The van der Waals surface area contributed by atoms with E-state index < -0.39 is 0 Å². The normalized spacial score (nSPS) is 15.3. The third kappa shape index (κ3) is 4.06. The highest BCUT2D eigenvalue weighted by Crippen LogP contribution is 2.23. The summed E-state index contributed by atoms with van der Waals surface area (Å²) in [5.41, 5.74) is 1.54. The Balaban J connectivity index is 1.51. The fourth-order valence-corrected chi connectivity index (χ4v) is 3.15. The number of aryl methyl sites for hydroxylation is 1. The topological polar surface area (TPSA) is 42.4 Å². The van der Waals surface area contributed by atoms with E-state index in [1.54, 1.807) is 18.3 Å². The van der Waals surface area contributed by atoms with E-state index in [4.69, 9.17) is 16.3 Å². The number of rotatable bonds is 4. The van der Waals surface area contributed by atoms with Gasteiger partial charge >= 0.3 is 0 Å². The van der Waals surface area contributed by atoms with E-state index >= 15 is 0 Å². The second-order valence-electron chi connectivity index (χ2n) is 6.16. The van der Waals surface area contributed by atoms with Crippen LogP contribution >= 0.6 is 11.6 Å². The first-order chi connectivity index (χ1) is 11.6. The smallest absolute Gasteiger partial charge is 0.255 e. The van der Waals surface area contributed by atoms with Crippen molar-refractivity contribution in [2.75, 3.05) is 19.7 Å². The summed E-state index contributed by atoms with van der Waals surface area (Å²) < 4.78 is 5.86. The van der Waals surface area contributed by atoms with Gasteiger partial charge in [0.1, 0.15) is 5.75 Å². The van der Waals surface area contributed by atoms with E-state index in [-0.39, 0.29) is 5.91 Å². The summed E-state index contributed by atoms with van der Waals surface area (Å²) in [7, 11) is 0. The number of nitrogens with zero attached hydrogens (tertiary/aromatic N) is 2. The number of hydrogen-bond acceptors (Lipinski definition) is 3. The van der Waals surface area contributed by atoms with E-state index in [0.29, 0.717) is 23.1 Å². The molecule has 1 aliphatic heterocycles. The van der Waals surface area contributed by atoms with Crippen molar-refractivity contribution in [3.8, 4) is 5.75 Å². The van der Waals surface area contributed by atoms with Crippen LogP contribution in [0.5, 0.6) is 5.75 Å². The number of pyridine rings is 1. The Morgan fingerprint density at radius 2 is 2.04 bits per heavy atom. The van der Waals surface area contributed by atoms with Crippen molar-refractivity contribution < 1.29 is 9.53 Å². The maximum atomic E-state index is 12.5. The molecule has 1 fully saturated rings. The lowest BCUT2D eigenvalue weighted by Gasteiger charge is -2.32. The van der Waals surface area contributed by atoms with E-state index in [1.165, 1.54) is 0 Å². The summed E-state index contributed by atoms with van der Waals surface area (Å²) >= 11 is 6.12. The number of hydrogen-bond donors (Lipinski definition) is 0. The lowest BCUT2D eigenvalue weighted by Crippen LogP contribution is -2.39. The van der Waals surface area contributed by atoms with Crippen LogP contribution in [0.1, 0.15) is 28.9 Å². The largest absolute Gasteiger partial charge is 0.493 e. The molecule has 0 saturated carbocycles. The molecular weight excluding hydrogens is 324 g/mol. The lowest BCUT2D eigenvalue weighted by atomic mass is 9.97. The van der Waals surface area contributed by atoms with Gasteiger partial charge in [0, 0.05) is 31.0 Å². The third-order valence-electron chi connectivity index (χ3n) is 4.36. The van der Waals surface area contributed by atoms with Crippen LogP contribution in [-0.4, -0.2) is 35.5 Å². The first-order valence-electron chi connectivity index (χ1n) is 8.23. The van der Waals surface area contributed by atoms with Gasteiger partial charge < -0.3 is 9.64 Å². The maximum absolute atomic E-state index is 12.5. The Morgan fingerprint density at radius 1 is 1.29 bits per heavy atom. The fraction of sp³-hybridized carbons (Fsp3) is 0.368. The molecule has 1 aromatic heterocycles. The zero-order valence-corrected chi connectivity index (χ0v) is 14.5. The number of piperidine rings is 1. The van der Waals surface area contributed by atoms with Crippen molar-refractivity contribution in [1.29, 1.82) is 0 Å². The maximum Gasteiger partial charge on any atom is 0.255 e. The van der Waals surface area contributed by atoms with Gasteiger partial charge in [0.2, 0.25) is 0 Å². The number of carbonyl (C=O) groups is 1. The fourth-order valence-electron chi connectivity index (χ4n) is 2.93. The van der Waals surface area contributed by atoms with Crippen molar-refractivity contribution >= 4 is 17.5 Å². The molecule has 3 rings (SSSR count). The van der Waals surface area contributed by atoms with Crippen molar-refractivity contribution in [1.82, 2.24) is 9.88 Å². The second kappa shape index (κ2) is 7.67. The predicted molar refractivity (Wildman–Crippen MR) is 94.5 cm³/mol. The molecule has 2 heterocycles. The van der Waals surface area contributed by atoms with Crippen LogP contribution < -0.4 is 4.74 Å². The molecule has 0 spiro atoms. The van der Waals surface area contributed by atoms with Crippen LogP contribution in [0.15, 0.2) is 42.6 Å². The van der Waals surface area contributed by atoms with Crippen LogP contribution in [0.25, 0.3) is 0 Å². The minimum absolute atomic E-state index is 0.0183. The molecule has 1 amide bonds. The number of ether oxygens (including phenoxy) is 1. The summed E-state index contributed by atoms with van der Waals surface area (Å²) in [6, 6.07) is 11.0. The zero-order valence-electron chi connectivity index (χ0n) is 13.7. The highest BCUT2D eigenvalue weighted by atomic mass is 35.5. The van der Waals surface area contributed by atoms with Crippen LogP contribution in [0, 0.1) is 12.8 Å². The van der Waals surface area contributed by atoms with Crippen molar-refractivity contribution in [3.63, 3.8) is 0 Å². The standard InChI is InChI=1S/C19H21ClN2O2/c1-14-12-16(6-9-21-14)24-13-15-7-10-22(11-8-15)19(23)17-4-2-3-5-18(17)20/h2-6,9,12,15H,7-8,10-11,13H2,1H3. The SMILES string of the molecule is Cc1cc(OCC2CCN(C(=O)c3ccccc3Cl)CC2)ccn1. The minimum atomic E-state index is 0.0183. The molecule has 126 valence electrons. The monoisotopic (exact) mass is 344 g/mol. The van der Waals surface area contributed by atoms with E-state index in [2.05, 4.69) is 4.98 Å². The number of likely N-dealkylation sites (tertiary alicyclic amines) is 1. The molecule has 5 heteroatoms. The zero-order chi connectivity index (χ0) is 16.9. The van der Waals surface area contributed by atoms with E-state index in [0.717, 1.165) is 37.4 Å². The number of halogens is 1. The van der Waals surface area contributed by atoms with Gasteiger partial charge in [-0.15, -0.1) is 0 Å². The molecule has 1 aliphatic rings. The van der Waals surface area contributed by atoms with Gasteiger partial charge in [-0.25, -0.2) is 0 Å². The summed E-state index contributed by atoms with van der Waals surface area (Å²) in [4.78, 5) is 18.6. The average Bonchev–Trinajstić information content (AvgIpc) is 2.60. The van der Waals surface area contributed by atoms with Crippen molar-refractivity contribution in [2.45, 2.75) is 19.8 Å². The van der Waals surface area contributed by atoms with Crippen LogP contribution in [0.4, 0.5) is 0 Å². The highest BCUT2D eigenvalue weighted by Gasteiger charge is 2.25. The van der Waals surface area contributed by atoms with Gasteiger partial charge in [-0.05, 0) is 43.9 Å². The Hall–Kier alpha value is -2.07. The summed E-state index contributed by atoms with van der Waals surface area (Å²) in [6.07, 6.45) is 3.65. The molecule has 2 aromatic rings. The molecule has 1 saturated heterocycles. The van der Waals surface area contributed by atoms with Crippen LogP contribution in [0.3, 0.4) is 0 Å². The van der Waals surface area contributed by atoms with Crippen molar-refractivity contribution in [2.24, 2.45) is 5.92 Å². The third-order valence-corrected chi connectivity index (χ3v) is 4.69. The number of aromatic nitrogens is 1. The number of amides is 1. The molecule has 0 aliphatic carbocycles. The molecule has 1 aromatic carbocycles. The van der Waals surface area contributed by atoms with Gasteiger partial charge in [-0.3, -0.25) is 9.78 Å². The van der Waals surface area contributed by atoms with E-state index in [9.17, 15) is 4.79 Å². The Labute approximate surface area is 147 Å². The molecule has 0 bridgehead atoms.